The lowest BCUT2D eigenvalue weighted by atomic mass is 10.2. The predicted octanol–water partition coefficient (Wildman–Crippen LogP) is 1.40. The summed E-state index contributed by atoms with van der Waals surface area (Å²) in [5.74, 6) is 0. The molecule has 0 spiro atoms. The zero-order valence-corrected chi connectivity index (χ0v) is 6.82. The van der Waals surface area contributed by atoms with Crippen LogP contribution in [0, 0.1) is 6.07 Å². The minimum atomic E-state index is 0.355. The van der Waals surface area contributed by atoms with Gasteiger partial charge in [0, 0.05) is 0 Å². The van der Waals surface area contributed by atoms with E-state index in [4.69, 9.17) is 9.47 Å². The molecule has 2 heteroatoms. The normalized spacial score (nSPS) is 20.8. The number of ether oxygens (including phenoxy) is 2. The lowest BCUT2D eigenvalue weighted by Crippen LogP contribution is -2.01. The van der Waals surface area contributed by atoms with E-state index in [0.717, 1.165) is 12.2 Å². The van der Waals surface area contributed by atoms with Crippen molar-refractivity contribution in [1.82, 2.24) is 0 Å². The highest BCUT2D eigenvalue weighted by atomic mass is 16.6. The molecule has 0 amide bonds. The van der Waals surface area contributed by atoms with Gasteiger partial charge in [0.25, 0.3) is 0 Å². The molecule has 0 N–H and O–H groups in total. The third-order valence-corrected chi connectivity index (χ3v) is 1.74. The zero-order chi connectivity index (χ0) is 8.23. The van der Waals surface area contributed by atoms with Gasteiger partial charge in [-0.25, -0.2) is 0 Å². The van der Waals surface area contributed by atoms with Gasteiger partial charge in [0.2, 0.25) is 0 Å². The summed E-state index contributed by atoms with van der Waals surface area (Å²) < 4.78 is 10.4. The molecule has 0 bridgehead atoms. The summed E-state index contributed by atoms with van der Waals surface area (Å²) in [6.07, 6.45) is 0.355. The van der Waals surface area contributed by atoms with Crippen molar-refractivity contribution in [3.63, 3.8) is 0 Å². The summed E-state index contributed by atoms with van der Waals surface area (Å²) in [4.78, 5) is 0. The number of hydrogen-bond donors (Lipinski definition) is 0. The van der Waals surface area contributed by atoms with Crippen molar-refractivity contribution in [1.29, 1.82) is 0 Å². The molecule has 12 heavy (non-hydrogen) atoms. The molecule has 1 radical (unpaired) electrons. The topological polar surface area (TPSA) is 21.8 Å². The minimum Gasteiger partial charge on any atom is -0.374 e. The summed E-state index contributed by atoms with van der Waals surface area (Å²) in [6, 6.07) is 10.9. The molecule has 63 valence electrons. The highest BCUT2D eigenvalue weighted by Crippen LogP contribution is 2.09. The van der Waals surface area contributed by atoms with Crippen LogP contribution in [0.2, 0.25) is 0 Å². The van der Waals surface area contributed by atoms with Gasteiger partial charge in [-0.05, 0) is 11.6 Å². The second kappa shape index (κ2) is 3.70. The first kappa shape index (κ1) is 7.77. The average molecular weight is 163 g/mol. The highest BCUT2D eigenvalue weighted by molar-refractivity contribution is 5.11. The van der Waals surface area contributed by atoms with E-state index in [2.05, 4.69) is 6.07 Å². The van der Waals surface area contributed by atoms with Crippen molar-refractivity contribution < 1.29 is 9.47 Å². The van der Waals surface area contributed by atoms with Crippen LogP contribution in [0.3, 0.4) is 0 Å². The number of rotatable bonds is 4. The van der Waals surface area contributed by atoms with E-state index < -0.39 is 0 Å². The van der Waals surface area contributed by atoms with Crippen LogP contribution in [-0.2, 0) is 16.1 Å². The second-order valence-electron chi connectivity index (χ2n) is 2.86. The summed E-state index contributed by atoms with van der Waals surface area (Å²) in [7, 11) is 0. The van der Waals surface area contributed by atoms with Crippen molar-refractivity contribution in [3.8, 4) is 0 Å². The number of epoxide rings is 1. The third kappa shape index (κ3) is 2.32. The monoisotopic (exact) mass is 163 g/mol. The first-order valence-electron chi connectivity index (χ1n) is 4.10. The highest BCUT2D eigenvalue weighted by Gasteiger charge is 2.21. The predicted molar refractivity (Wildman–Crippen MR) is 44.7 cm³/mol. The van der Waals surface area contributed by atoms with Crippen LogP contribution in [0.5, 0.6) is 0 Å². The molecule has 0 aliphatic carbocycles. The lowest BCUT2D eigenvalue weighted by Gasteiger charge is -2.00. The van der Waals surface area contributed by atoms with E-state index in [1.54, 1.807) is 0 Å². The van der Waals surface area contributed by atoms with E-state index in [9.17, 15) is 0 Å². The van der Waals surface area contributed by atoms with Crippen molar-refractivity contribution in [3.05, 3.63) is 35.9 Å². The molecule has 1 aliphatic rings. The quantitative estimate of drug-likeness (QED) is 0.626. The lowest BCUT2D eigenvalue weighted by molar-refractivity contribution is 0.104. The fourth-order valence-electron chi connectivity index (χ4n) is 0.985. The van der Waals surface area contributed by atoms with Gasteiger partial charge in [-0.1, -0.05) is 24.3 Å². The van der Waals surface area contributed by atoms with Gasteiger partial charge < -0.3 is 9.47 Å². The molecular weight excluding hydrogens is 152 g/mol. The molecule has 0 aromatic heterocycles. The number of benzene rings is 1. The van der Waals surface area contributed by atoms with Crippen LogP contribution in [0.4, 0.5) is 0 Å². The van der Waals surface area contributed by atoms with Crippen molar-refractivity contribution >= 4 is 0 Å². The van der Waals surface area contributed by atoms with Gasteiger partial charge in [0.05, 0.1) is 19.8 Å². The average Bonchev–Trinajstić information content (AvgIpc) is 2.90. The molecule has 1 aliphatic heterocycles. The smallest absolute Gasteiger partial charge is 0.104 e. The summed E-state index contributed by atoms with van der Waals surface area (Å²) >= 11 is 0. The van der Waals surface area contributed by atoms with E-state index in [1.165, 1.54) is 0 Å². The van der Waals surface area contributed by atoms with E-state index >= 15 is 0 Å². The van der Waals surface area contributed by atoms with Crippen LogP contribution >= 0.6 is 0 Å². The largest absolute Gasteiger partial charge is 0.374 e. The van der Waals surface area contributed by atoms with Gasteiger partial charge in [-0.3, -0.25) is 0 Å². The maximum atomic E-state index is 5.39. The van der Waals surface area contributed by atoms with Gasteiger partial charge >= 0.3 is 0 Å². The molecule has 2 nitrogen and oxygen atoms in total. The van der Waals surface area contributed by atoms with E-state index in [0.29, 0.717) is 19.3 Å². The molecule has 1 fully saturated rings. The fraction of sp³-hybridized carbons (Fsp3) is 0.400. The Morgan fingerprint density at radius 2 is 2.50 bits per heavy atom. The maximum Gasteiger partial charge on any atom is 0.104 e. The molecule has 1 aromatic rings. The van der Waals surface area contributed by atoms with Crippen molar-refractivity contribution in [2.75, 3.05) is 13.2 Å². The Bertz CT molecular complexity index is 229. The van der Waals surface area contributed by atoms with Crippen LogP contribution in [0.25, 0.3) is 0 Å². The maximum absolute atomic E-state index is 5.39. The Balaban J connectivity index is 1.72. The summed E-state index contributed by atoms with van der Waals surface area (Å²) in [6.45, 7) is 2.21. The molecule has 1 heterocycles. The van der Waals surface area contributed by atoms with Gasteiger partial charge in [0.15, 0.2) is 0 Å². The van der Waals surface area contributed by atoms with Gasteiger partial charge in [-0.2, -0.15) is 0 Å². The second-order valence-corrected chi connectivity index (χ2v) is 2.86. The minimum absolute atomic E-state index is 0.355. The Morgan fingerprint density at radius 1 is 1.58 bits per heavy atom. The van der Waals surface area contributed by atoms with Crippen LogP contribution in [-0.4, -0.2) is 19.3 Å². The van der Waals surface area contributed by atoms with E-state index in [-0.39, 0.29) is 0 Å². The molecule has 0 saturated carbocycles. The molecule has 1 aromatic carbocycles. The van der Waals surface area contributed by atoms with Crippen molar-refractivity contribution in [2.45, 2.75) is 12.7 Å². The Labute approximate surface area is 72.1 Å². The van der Waals surface area contributed by atoms with Gasteiger partial charge in [0.1, 0.15) is 6.10 Å². The number of hydrogen-bond acceptors (Lipinski definition) is 2. The zero-order valence-electron chi connectivity index (χ0n) is 6.82. The van der Waals surface area contributed by atoms with Crippen molar-refractivity contribution in [2.24, 2.45) is 0 Å². The third-order valence-electron chi connectivity index (χ3n) is 1.74. The molecule has 1 atom stereocenters. The first-order chi connectivity index (χ1) is 5.95. The molecule has 2 rings (SSSR count). The molecule has 1 saturated heterocycles. The van der Waals surface area contributed by atoms with Gasteiger partial charge in [-0.15, -0.1) is 0 Å². The standard InChI is InChI=1S/C10H11O2/c1-2-4-9(5-3-1)6-11-7-10-8-12-10/h1-4,10H,6-8H2. The fourth-order valence-corrected chi connectivity index (χ4v) is 0.985. The molecule has 1 unspecified atom stereocenters. The Kier molecular flexibility index (Phi) is 2.39. The summed E-state index contributed by atoms with van der Waals surface area (Å²) in [5.41, 5.74) is 1.10. The van der Waals surface area contributed by atoms with Crippen LogP contribution in [0.15, 0.2) is 24.3 Å². The Morgan fingerprint density at radius 3 is 3.17 bits per heavy atom. The first-order valence-corrected chi connectivity index (χ1v) is 4.10. The SMILES string of the molecule is [c]1ccccc1COCC1CO1. The molecular formula is C10H11O2. The van der Waals surface area contributed by atoms with Crippen LogP contribution in [0.1, 0.15) is 5.56 Å². The van der Waals surface area contributed by atoms with Crippen LogP contribution < -0.4 is 0 Å². The Hall–Kier alpha value is -0.860. The summed E-state index contributed by atoms with van der Waals surface area (Å²) in [5, 5.41) is 0. The van der Waals surface area contributed by atoms with E-state index in [1.807, 2.05) is 24.3 Å².